The van der Waals surface area contributed by atoms with Crippen molar-refractivity contribution in [3.05, 3.63) is 53.6 Å². The van der Waals surface area contributed by atoms with Gasteiger partial charge in [-0.25, -0.2) is 13.2 Å². The number of nitrogens with one attached hydrogen (secondary N) is 2. The van der Waals surface area contributed by atoms with Gasteiger partial charge in [-0.3, -0.25) is 10.1 Å². The zero-order valence-corrected chi connectivity index (χ0v) is 20.2. The van der Waals surface area contributed by atoms with Gasteiger partial charge in [-0.15, -0.1) is 0 Å². The zero-order valence-electron chi connectivity index (χ0n) is 18.6. The van der Waals surface area contributed by atoms with Gasteiger partial charge in [-0.1, -0.05) is 31.5 Å². The van der Waals surface area contributed by atoms with E-state index in [0.29, 0.717) is 35.8 Å². The van der Waals surface area contributed by atoms with E-state index in [0.717, 1.165) is 0 Å². The highest BCUT2D eigenvalue weighted by Gasteiger charge is 2.32. The molecule has 0 spiro atoms. The van der Waals surface area contributed by atoms with Gasteiger partial charge < -0.3 is 10.1 Å². The molecule has 2 aromatic rings. The van der Waals surface area contributed by atoms with E-state index in [1.165, 1.54) is 16.4 Å². The number of halogens is 1. The number of anilines is 2. The van der Waals surface area contributed by atoms with Gasteiger partial charge in [0.05, 0.1) is 11.5 Å². The van der Waals surface area contributed by atoms with Crippen LogP contribution < -0.4 is 10.6 Å². The molecule has 0 aliphatic carbocycles. The highest BCUT2D eigenvalue weighted by atomic mass is 35.5. The second kappa shape index (κ2) is 11.0. The summed E-state index contributed by atoms with van der Waals surface area (Å²) in [5.41, 5.74) is 1.04. The van der Waals surface area contributed by atoms with Gasteiger partial charge in [0.25, 0.3) is 0 Å². The predicted molar refractivity (Wildman–Crippen MR) is 128 cm³/mol. The first-order valence-electron chi connectivity index (χ1n) is 10.8. The molecule has 10 heteroatoms. The number of amides is 2. The van der Waals surface area contributed by atoms with Crippen molar-refractivity contribution in [1.82, 2.24) is 4.31 Å². The Balaban J connectivity index is 1.54. The number of carbonyl (C=O) groups is 2. The smallest absolute Gasteiger partial charge is 0.411 e. The highest BCUT2D eigenvalue weighted by Crippen LogP contribution is 2.26. The number of benzene rings is 2. The molecule has 1 heterocycles. The molecule has 3 rings (SSSR count). The Morgan fingerprint density at radius 3 is 2.27 bits per heavy atom. The summed E-state index contributed by atoms with van der Waals surface area (Å²) in [7, 11) is -3.62. The van der Waals surface area contributed by atoms with E-state index in [9.17, 15) is 18.0 Å². The normalized spacial score (nSPS) is 15.3. The van der Waals surface area contributed by atoms with Crippen LogP contribution in [0.4, 0.5) is 16.2 Å². The lowest BCUT2D eigenvalue weighted by atomic mass is 9.97. The van der Waals surface area contributed by atoms with Crippen molar-refractivity contribution in [2.45, 2.75) is 31.6 Å². The van der Waals surface area contributed by atoms with Gasteiger partial charge in [0.1, 0.15) is 0 Å². The van der Waals surface area contributed by atoms with Crippen molar-refractivity contribution in [3.8, 4) is 0 Å². The SMILES string of the molecule is CC(C)COC(=O)Nc1cccc(NC(=O)C2CCN(S(=O)(=O)c3ccc(Cl)cc3)CC2)c1. The van der Waals surface area contributed by atoms with Crippen LogP contribution in [0.5, 0.6) is 0 Å². The van der Waals surface area contributed by atoms with Crippen molar-refractivity contribution in [3.63, 3.8) is 0 Å². The Kier molecular flexibility index (Phi) is 8.34. The summed E-state index contributed by atoms with van der Waals surface area (Å²) in [5.74, 6) is -0.263. The van der Waals surface area contributed by atoms with Crippen LogP contribution in [-0.4, -0.2) is 44.4 Å². The third-order valence-electron chi connectivity index (χ3n) is 5.20. The molecule has 8 nitrogen and oxygen atoms in total. The van der Waals surface area contributed by atoms with Gasteiger partial charge in [-0.05, 0) is 61.2 Å². The monoisotopic (exact) mass is 493 g/mol. The quantitative estimate of drug-likeness (QED) is 0.587. The molecular formula is C23H28ClN3O5S. The van der Waals surface area contributed by atoms with E-state index >= 15 is 0 Å². The third-order valence-corrected chi connectivity index (χ3v) is 7.37. The second-order valence-corrected chi connectivity index (χ2v) is 10.7. The molecule has 0 radical (unpaired) electrons. The molecule has 33 heavy (non-hydrogen) atoms. The number of sulfonamides is 1. The minimum absolute atomic E-state index is 0.182. The number of rotatable bonds is 7. The predicted octanol–water partition coefficient (Wildman–Crippen LogP) is 4.58. The summed E-state index contributed by atoms with van der Waals surface area (Å²) in [6.07, 6.45) is 0.275. The summed E-state index contributed by atoms with van der Waals surface area (Å²) in [4.78, 5) is 24.8. The number of piperidine rings is 1. The first-order chi connectivity index (χ1) is 15.6. The maximum atomic E-state index is 12.8. The van der Waals surface area contributed by atoms with E-state index in [1.807, 2.05) is 13.8 Å². The average molecular weight is 494 g/mol. The maximum Gasteiger partial charge on any atom is 0.411 e. The van der Waals surface area contributed by atoms with Crippen molar-refractivity contribution in [2.75, 3.05) is 30.3 Å². The maximum absolute atomic E-state index is 12.8. The molecule has 0 aromatic heterocycles. The number of nitrogens with zero attached hydrogens (tertiary/aromatic N) is 1. The fourth-order valence-corrected chi connectivity index (χ4v) is 5.02. The molecular weight excluding hydrogens is 466 g/mol. The van der Waals surface area contributed by atoms with Crippen LogP contribution >= 0.6 is 11.6 Å². The summed E-state index contributed by atoms with van der Waals surface area (Å²) >= 11 is 5.85. The molecule has 0 atom stereocenters. The molecule has 1 saturated heterocycles. The summed E-state index contributed by atoms with van der Waals surface area (Å²) in [5, 5.41) is 5.96. The summed E-state index contributed by atoms with van der Waals surface area (Å²) < 4.78 is 32.1. The number of carbonyl (C=O) groups excluding carboxylic acids is 2. The van der Waals surface area contributed by atoms with Crippen LogP contribution in [-0.2, 0) is 19.6 Å². The fraction of sp³-hybridized carbons (Fsp3) is 0.391. The Labute approximate surface area is 199 Å². The average Bonchev–Trinajstić information content (AvgIpc) is 2.78. The lowest BCUT2D eigenvalue weighted by Crippen LogP contribution is -2.41. The second-order valence-electron chi connectivity index (χ2n) is 8.32. The molecule has 2 N–H and O–H groups in total. The van der Waals surface area contributed by atoms with Gasteiger partial charge in [-0.2, -0.15) is 4.31 Å². The molecule has 2 aromatic carbocycles. The zero-order chi connectivity index (χ0) is 24.0. The summed E-state index contributed by atoms with van der Waals surface area (Å²) in [6.45, 7) is 4.72. The van der Waals surface area contributed by atoms with Crippen molar-refractivity contribution >= 4 is 45.0 Å². The molecule has 1 aliphatic heterocycles. The Hall–Kier alpha value is -2.62. The largest absolute Gasteiger partial charge is 0.449 e. The lowest BCUT2D eigenvalue weighted by Gasteiger charge is -2.30. The van der Waals surface area contributed by atoms with E-state index in [1.54, 1.807) is 36.4 Å². The summed E-state index contributed by atoms with van der Waals surface area (Å²) in [6, 6.07) is 12.8. The van der Waals surface area contributed by atoms with Crippen molar-refractivity contribution in [1.29, 1.82) is 0 Å². The van der Waals surface area contributed by atoms with Gasteiger partial charge in [0.15, 0.2) is 0 Å². The Morgan fingerprint density at radius 2 is 1.67 bits per heavy atom. The number of hydrogen-bond acceptors (Lipinski definition) is 5. The Morgan fingerprint density at radius 1 is 1.06 bits per heavy atom. The van der Waals surface area contributed by atoms with Crippen LogP contribution in [0.2, 0.25) is 5.02 Å². The van der Waals surface area contributed by atoms with Crippen molar-refractivity contribution < 1.29 is 22.7 Å². The molecule has 0 bridgehead atoms. The van der Waals surface area contributed by atoms with Crippen LogP contribution in [0.3, 0.4) is 0 Å². The van der Waals surface area contributed by atoms with Crippen LogP contribution in [0, 0.1) is 11.8 Å². The van der Waals surface area contributed by atoms with E-state index in [4.69, 9.17) is 16.3 Å². The third kappa shape index (κ3) is 6.93. The first-order valence-corrected chi connectivity index (χ1v) is 12.6. The lowest BCUT2D eigenvalue weighted by molar-refractivity contribution is -0.120. The van der Waals surface area contributed by atoms with Gasteiger partial charge in [0.2, 0.25) is 15.9 Å². The molecule has 1 aliphatic rings. The van der Waals surface area contributed by atoms with Gasteiger partial charge >= 0.3 is 6.09 Å². The van der Waals surface area contributed by atoms with Gasteiger partial charge in [0, 0.05) is 35.4 Å². The minimum atomic E-state index is -3.62. The van der Waals surface area contributed by atoms with Crippen LogP contribution in [0.25, 0.3) is 0 Å². The molecule has 178 valence electrons. The van der Waals surface area contributed by atoms with E-state index in [-0.39, 0.29) is 35.7 Å². The minimum Gasteiger partial charge on any atom is -0.449 e. The number of ether oxygens (including phenoxy) is 1. The Bertz CT molecular complexity index is 1080. The highest BCUT2D eigenvalue weighted by molar-refractivity contribution is 7.89. The molecule has 1 fully saturated rings. The first kappa shape index (κ1) is 25.0. The number of hydrogen-bond donors (Lipinski definition) is 2. The van der Waals surface area contributed by atoms with E-state index in [2.05, 4.69) is 10.6 Å². The van der Waals surface area contributed by atoms with E-state index < -0.39 is 16.1 Å². The molecule has 0 unspecified atom stereocenters. The van der Waals surface area contributed by atoms with Crippen molar-refractivity contribution in [2.24, 2.45) is 11.8 Å². The topological polar surface area (TPSA) is 105 Å². The molecule has 2 amide bonds. The fourth-order valence-electron chi connectivity index (χ4n) is 3.43. The van der Waals surface area contributed by atoms with Crippen LogP contribution in [0.1, 0.15) is 26.7 Å². The standard InChI is InChI=1S/C23H28ClN3O5S/c1-16(2)15-32-23(29)26-20-5-3-4-19(14-20)25-22(28)17-10-12-27(13-11-17)33(30,31)21-8-6-18(24)7-9-21/h3-9,14,16-17H,10-13,15H2,1-2H3,(H,25,28)(H,26,29). The molecule has 0 saturated carbocycles. The van der Waals surface area contributed by atoms with Crippen LogP contribution in [0.15, 0.2) is 53.4 Å².